The Morgan fingerprint density at radius 1 is 1.00 bits per heavy atom. The Kier molecular flexibility index (Phi) is 5.85. The van der Waals surface area contributed by atoms with Crippen molar-refractivity contribution < 1.29 is 42.5 Å². The smallest absolute Gasteiger partial charge is 0.728 e. The Labute approximate surface area is 138 Å². The second-order valence-corrected chi connectivity index (χ2v) is 4.77. The minimum Gasteiger partial charge on any atom is -0.728 e. The van der Waals surface area contributed by atoms with E-state index in [0.29, 0.717) is 16.9 Å². The van der Waals surface area contributed by atoms with Crippen LogP contribution in [0.5, 0.6) is 0 Å². The summed E-state index contributed by atoms with van der Waals surface area (Å²) in [5.41, 5.74) is 7.97. The zero-order valence-electron chi connectivity index (χ0n) is 10.7. The van der Waals surface area contributed by atoms with Crippen molar-refractivity contribution in [1.82, 2.24) is 0 Å². The fraction of sp³-hybridized carbons (Fsp3) is 0. The molecule has 0 spiro atoms. The fourth-order valence-corrected chi connectivity index (χ4v) is 1.75. The molecule has 0 heterocycles. The van der Waals surface area contributed by atoms with Gasteiger partial charge in [-0.3, -0.25) is 0 Å². The van der Waals surface area contributed by atoms with Gasteiger partial charge in [-0.1, -0.05) is 34.9 Å². The maximum Gasteiger partial charge on any atom is 1.00 e. The molecule has 2 N–H and O–H groups in total. The van der Waals surface area contributed by atoms with Crippen LogP contribution in [0.25, 0.3) is 11.1 Å². The molecular formula is C12H10N3NaO3S. The molecule has 0 atom stereocenters. The van der Waals surface area contributed by atoms with Gasteiger partial charge in [-0.25, -0.2) is 8.42 Å². The van der Waals surface area contributed by atoms with Crippen molar-refractivity contribution in [2.24, 2.45) is 9.63 Å². The minimum absolute atomic E-state index is 0. The van der Waals surface area contributed by atoms with Crippen LogP contribution in [-0.2, 0) is 10.3 Å². The van der Waals surface area contributed by atoms with E-state index in [-0.39, 0.29) is 29.6 Å². The van der Waals surface area contributed by atoms with Crippen LogP contribution in [-0.4, -0.2) is 13.0 Å². The first kappa shape index (κ1) is 16.8. The molecule has 2 aromatic rings. The van der Waals surface area contributed by atoms with Crippen LogP contribution >= 0.6 is 0 Å². The first-order valence-electron chi connectivity index (χ1n) is 5.29. The van der Waals surface area contributed by atoms with Gasteiger partial charge in [0.1, 0.15) is 0 Å². The molecule has 6 nitrogen and oxygen atoms in total. The molecule has 0 saturated carbocycles. The molecule has 0 aliphatic rings. The summed E-state index contributed by atoms with van der Waals surface area (Å²) in [6.07, 6.45) is 0. The standard InChI is InChI=1S/C12H11N3O3S.Na/c13-10-7-5-9(6-8-10)11-3-1-2-4-12(11)14-15-19(16,17)18;/h1-8H,13H2,(H,16,17,18);/q;+1/p-1. The molecule has 2 aromatic carbocycles. The van der Waals surface area contributed by atoms with Crippen LogP contribution in [0.1, 0.15) is 0 Å². The Hall–Kier alpha value is -1.25. The molecule has 0 radical (unpaired) electrons. The van der Waals surface area contributed by atoms with Gasteiger partial charge in [0, 0.05) is 11.3 Å². The average Bonchev–Trinajstić information content (AvgIpc) is 2.37. The van der Waals surface area contributed by atoms with Crippen LogP contribution in [0.15, 0.2) is 58.2 Å². The summed E-state index contributed by atoms with van der Waals surface area (Å²) in [6.45, 7) is 0. The molecule has 0 aromatic heterocycles. The van der Waals surface area contributed by atoms with Crippen molar-refractivity contribution in [2.75, 3.05) is 5.73 Å². The van der Waals surface area contributed by atoms with Crippen molar-refractivity contribution in [1.29, 1.82) is 0 Å². The SMILES string of the molecule is Nc1ccc(-c2ccccc2N=NS(=O)(=O)[O-])cc1.[Na+]. The summed E-state index contributed by atoms with van der Waals surface area (Å²) in [6, 6.07) is 13.7. The molecule has 0 amide bonds. The molecule has 0 aliphatic heterocycles. The largest absolute Gasteiger partial charge is 1.00 e. The van der Waals surface area contributed by atoms with Gasteiger partial charge in [0.2, 0.25) is 10.3 Å². The maximum atomic E-state index is 10.5. The van der Waals surface area contributed by atoms with Crippen molar-refractivity contribution >= 4 is 21.7 Å². The summed E-state index contributed by atoms with van der Waals surface area (Å²) in [4.78, 5) is 0. The van der Waals surface area contributed by atoms with Crippen LogP contribution in [0, 0.1) is 0 Å². The third-order valence-corrected chi connectivity index (χ3v) is 2.66. The van der Waals surface area contributed by atoms with Gasteiger partial charge in [0.25, 0.3) is 0 Å². The second-order valence-electron chi connectivity index (χ2n) is 3.75. The third kappa shape index (κ3) is 4.69. The maximum absolute atomic E-state index is 10.5. The number of nitrogens with two attached hydrogens (primary N) is 1. The molecule has 98 valence electrons. The quantitative estimate of drug-likeness (QED) is 0.356. The van der Waals surface area contributed by atoms with Gasteiger partial charge in [0.15, 0.2) is 0 Å². The minimum atomic E-state index is -4.74. The van der Waals surface area contributed by atoms with E-state index in [1.165, 1.54) is 0 Å². The van der Waals surface area contributed by atoms with Crippen LogP contribution in [0.4, 0.5) is 11.4 Å². The Bertz CT molecular complexity index is 715. The van der Waals surface area contributed by atoms with E-state index >= 15 is 0 Å². The number of hydrogen-bond donors (Lipinski definition) is 1. The summed E-state index contributed by atoms with van der Waals surface area (Å²) in [5, 5.41) is 3.47. The number of nitrogens with zero attached hydrogens (tertiary/aromatic N) is 2. The predicted octanol–water partition coefficient (Wildman–Crippen LogP) is -0.516. The average molecular weight is 299 g/mol. The van der Waals surface area contributed by atoms with Gasteiger partial charge in [-0.05, 0) is 23.8 Å². The molecule has 0 unspecified atom stereocenters. The molecule has 0 bridgehead atoms. The zero-order valence-corrected chi connectivity index (χ0v) is 13.5. The zero-order chi connectivity index (χ0) is 13.9. The molecule has 0 fully saturated rings. The van der Waals surface area contributed by atoms with Crippen LogP contribution in [0.2, 0.25) is 0 Å². The van der Waals surface area contributed by atoms with Crippen LogP contribution < -0.4 is 35.3 Å². The van der Waals surface area contributed by atoms with E-state index in [1.54, 1.807) is 48.5 Å². The van der Waals surface area contributed by atoms with E-state index in [9.17, 15) is 13.0 Å². The number of hydrogen-bond acceptors (Lipinski definition) is 5. The first-order chi connectivity index (χ1) is 8.96. The third-order valence-electron chi connectivity index (χ3n) is 2.37. The van der Waals surface area contributed by atoms with E-state index in [0.717, 1.165) is 5.56 Å². The van der Waals surface area contributed by atoms with Crippen molar-refractivity contribution in [2.45, 2.75) is 0 Å². The summed E-state index contributed by atoms with van der Waals surface area (Å²) < 4.78 is 34.1. The summed E-state index contributed by atoms with van der Waals surface area (Å²) >= 11 is 0. The Balaban J connectivity index is 0.00000200. The molecule has 8 heteroatoms. The van der Waals surface area contributed by atoms with Gasteiger partial charge < -0.3 is 10.3 Å². The number of nitrogen functional groups attached to an aromatic ring is 1. The van der Waals surface area contributed by atoms with Crippen molar-refractivity contribution in [3.63, 3.8) is 0 Å². The summed E-state index contributed by atoms with van der Waals surface area (Å²) in [5.74, 6) is 0. The predicted molar refractivity (Wildman–Crippen MR) is 70.5 cm³/mol. The van der Waals surface area contributed by atoms with Crippen molar-refractivity contribution in [3.05, 3.63) is 48.5 Å². The molecule has 0 aliphatic carbocycles. The van der Waals surface area contributed by atoms with Gasteiger partial charge in [0.05, 0.1) is 5.69 Å². The Morgan fingerprint density at radius 2 is 1.60 bits per heavy atom. The molecule has 20 heavy (non-hydrogen) atoms. The number of rotatable bonds is 3. The molecule has 2 rings (SSSR count). The molecular weight excluding hydrogens is 289 g/mol. The first-order valence-corrected chi connectivity index (χ1v) is 6.66. The van der Waals surface area contributed by atoms with E-state index in [2.05, 4.69) is 9.63 Å². The van der Waals surface area contributed by atoms with E-state index in [4.69, 9.17) is 5.73 Å². The van der Waals surface area contributed by atoms with E-state index < -0.39 is 10.3 Å². The van der Waals surface area contributed by atoms with Crippen LogP contribution in [0.3, 0.4) is 0 Å². The van der Waals surface area contributed by atoms with E-state index in [1.807, 2.05) is 0 Å². The van der Waals surface area contributed by atoms with Gasteiger partial charge >= 0.3 is 29.6 Å². The second kappa shape index (κ2) is 6.96. The Morgan fingerprint density at radius 3 is 2.20 bits per heavy atom. The van der Waals surface area contributed by atoms with Gasteiger partial charge in [-0.2, -0.15) is 0 Å². The summed E-state index contributed by atoms with van der Waals surface area (Å²) in [7, 11) is -4.74. The normalized spacial score (nSPS) is 11.2. The number of anilines is 1. The fourth-order valence-electron chi connectivity index (χ4n) is 1.56. The molecule has 0 saturated heterocycles. The van der Waals surface area contributed by atoms with Crippen molar-refractivity contribution in [3.8, 4) is 11.1 Å². The topological polar surface area (TPSA) is 108 Å². The number of benzene rings is 2. The monoisotopic (exact) mass is 299 g/mol. The van der Waals surface area contributed by atoms with Gasteiger partial charge in [-0.15, -0.1) is 5.11 Å².